The quantitative estimate of drug-likeness (QED) is 0.609. The maximum atomic E-state index is 5.54. The fourth-order valence-corrected chi connectivity index (χ4v) is 0.767. The van der Waals surface area contributed by atoms with Crippen LogP contribution < -0.4 is 5.73 Å². The van der Waals surface area contributed by atoms with E-state index in [1.165, 1.54) is 0 Å². The Morgan fingerprint density at radius 2 is 2.45 bits per heavy atom. The van der Waals surface area contributed by atoms with Gasteiger partial charge in [0.1, 0.15) is 0 Å². The van der Waals surface area contributed by atoms with Crippen molar-refractivity contribution < 1.29 is 0 Å². The molecule has 0 aromatic rings. The third-order valence-electron chi connectivity index (χ3n) is 1.28. The summed E-state index contributed by atoms with van der Waals surface area (Å²) < 4.78 is 0. The Morgan fingerprint density at radius 1 is 1.64 bits per heavy atom. The first-order valence-electron chi connectivity index (χ1n) is 3.50. The number of allylic oxidation sites excluding steroid dienone is 3. The van der Waals surface area contributed by atoms with E-state index in [0.29, 0.717) is 6.42 Å². The Hall–Kier alpha value is -1.38. The summed E-state index contributed by atoms with van der Waals surface area (Å²) in [6.07, 6.45) is 8.05. The third-order valence-corrected chi connectivity index (χ3v) is 1.28. The number of nitrogens with two attached hydrogens (primary N) is 1. The summed E-state index contributed by atoms with van der Waals surface area (Å²) in [5.74, 6) is 0. The van der Waals surface area contributed by atoms with E-state index in [1.54, 1.807) is 6.20 Å². The summed E-state index contributed by atoms with van der Waals surface area (Å²) in [6.45, 7) is 1.95. The van der Waals surface area contributed by atoms with Gasteiger partial charge >= 0.3 is 0 Å². The summed E-state index contributed by atoms with van der Waals surface area (Å²) in [6, 6.07) is 0. The summed E-state index contributed by atoms with van der Waals surface area (Å²) in [5, 5.41) is 7.62. The molecular formula is C8H11N3. The molecule has 0 aliphatic carbocycles. The lowest BCUT2D eigenvalue weighted by atomic mass is 10.2. The van der Waals surface area contributed by atoms with Crippen LogP contribution in [0.3, 0.4) is 0 Å². The smallest absolute Gasteiger partial charge is 0.0689 e. The molecule has 1 rings (SSSR count). The van der Waals surface area contributed by atoms with Crippen LogP contribution in [-0.2, 0) is 0 Å². The summed E-state index contributed by atoms with van der Waals surface area (Å²) in [5.41, 5.74) is 7.20. The Balaban J connectivity index is 2.65. The molecule has 0 spiro atoms. The van der Waals surface area contributed by atoms with Crippen molar-refractivity contribution in [1.29, 1.82) is 0 Å². The molecule has 0 amide bonds. The van der Waals surface area contributed by atoms with Crippen molar-refractivity contribution in [3.63, 3.8) is 0 Å². The SMILES string of the molecule is C/C=C\C=C1/CC(N)=CN=N1. The van der Waals surface area contributed by atoms with Crippen LogP contribution in [-0.4, -0.2) is 0 Å². The Bertz CT molecular complexity index is 246. The van der Waals surface area contributed by atoms with Crippen molar-refractivity contribution in [2.75, 3.05) is 0 Å². The topological polar surface area (TPSA) is 50.7 Å². The second-order valence-electron chi connectivity index (χ2n) is 2.28. The molecular weight excluding hydrogens is 138 g/mol. The average Bonchev–Trinajstić information content (AvgIpc) is 2.01. The molecule has 0 saturated carbocycles. The van der Waals surface area contributed by atoms with Crippen LogP contribution in [0.15, 0.2) is 46.1 Å². The van der Waals surface area contributed by atoms with Crippen molar-refractivity contribution in [1.82, 2.24) is 0 Å². The molecule has 0 saturated heterocycles. The van der Waals surface area contributed by atoms with E-state index in [4.69, 9.17) is 5.73 Å². The van der Waals surface area contributed by atoms with Gasteiger partial charge < -0.3 is 5.73 Å². The molecule has 3 heteroatoms. The minimum absolute atomic E-state index is 0.702. The minimum Gasteiger partial charge on any atom is -0.400 e. The molecule has 58 valence electrons. The van der Waals surface area contributed by atoms with Gasteiger partial charge in [0.25, 0.3) is 0 Å². The lowest BCUT2D eigenvalue weighted by Gasteiger charge is -2.02. The first kappa shape index (κ1) is 7.72. The maximum absolute atomic E-state index is 5.54. The van der Waals surface area contributed by atoms with Gasteiger partial charge in [0.05, 0.1) is 11.9 Å². The fourth-order valence-electron chi connectivity index (χ4n) is 0.767. The molecule has 0 unspecified atom stereocenters. The Labute approximate surface area is 66.0 Å². The van der Waals surface area contributed by atoms with Gasteiger partial charge in [-0.05, 0) is 13.0 Å². The molecule has 1 heterocycles. The lowest BCUT2D eigenvalue weighted by molar-refractivity contribution is 0.939. The highest BCUT2D eigenvalue weighted by Gasteiger charge is 2.00. The van der Waals surface area contributed by atoms with E-state index >= 15 is 0 Å². The zero-order valence-electron chi connectivity index (χ0n) is 6.49. The number of azo groups is 1. The van der Waals surface area contributed by atoms with Crippen LogP contribution in [0.4, 0.5) is 0 Å². The monoisotopic (exact) mass is 149 g/mol. The van der Waals surface area contributed by atoms with E-state index in [0.717, 1.165) is 11.4 Å². The number of hydrogen-bond donors (Lipinski definition) is 1. The molecule has 3 nitrogen and oxygen atoms in total. The van der Waals surface area contributed by atoms with E-state index in [2.05, 4.69) is 10.2 Å². The van der Waals surface area contributed by atoms with Crippen LogP contribution in [0.2, 0.25) is 0 Å². The summed E-state index contributed by atoms with van der Waals surface area (Å²) >= 11 is 0. The van der Waals surface area contributed by atoms with Gasteiger partial charge in [-0.1, -0.05) is 12.2 Å². The van der Waals surface area contributed by atoms with Gasteiger partial charge in [-0.25, -0.2) is 0 Å². The van der Waals surface area contributed by atoms with Gasteiger partial charge in [-0.3, -0.25) is 0 Å². The first-order valence-corrected chi connectivity index (χ1v) is 3.50. The molecule has 0 aromatic carbocycles. The zero-order valence-corrected chi connectivity index (χ0v) is 6.49. The van der Waals surface area contributed by atoms with Crippen LogP contribution >= 0.6 is 0 Å². The standard InChI is InChI=1S/C8H11N3/c1-2-3-4-8-5-7(9)6-10-11-8/h2-4,6H,5,9H2,1H3/b3-2-,8-4+. The zero-order chi connectivity index (χ0) is 8.10. The van der Waals surface area contributed by atoms with Crippen LogP contribution in [0.25, 0.3) is 0 Å². The maximum Gasteiger partial charge on any atom is 0.0689 e. The number of rotatable bonds is 1. The molecule has 0 atom stereocenters. The lowest BCUT2D eigenvalue weighted by Crippen LogP contribution is -1.99. The Morgan fingerprint density at radius 3 is 3.09 bits per heavy atom. The molecule has 2 N–H and O–H groups in total. The Kier molecular flexibility index (Phi) is 2.60. The normalized spacial score (nSPS) is 21.2. The average molecular weight is 149 g/mol. The van der Waals surface area contributed by atoms with Crippen LogP contribution in [0, 0.1) is 0 Å². The molecule has 0 bridgehead atoms. The summed E-state index contributed by atoms with van der Waals surface area (Å²) in [4.78, 5) is 0. The molecule has 0 aromatic heterocycles. The van der Waals surface area contributed by atoms with Crippen molar-refractivity contribution >= 4 is 0 Å². The van der Waals surface area contributed by atoms with Crippen LogP contribution in [0.5, 0.6) is 0 Å². The van der Waals surface area contributed by atoms with Crippen molar-refractivity contribution in [2.45, 2.75) is 13.3 Å². The third kappa shape index (κ3) is 2.37. The van der Waals surface area contributed by atoms with Gasteiger partial charge in [-0.15, -0.1) is 0 Å². The minimum atomic E-state index is 0.702. The second-order valence-corrected chi connectivity index (χ2v) is 2.28. The van der Waals surface area contributed by atoms with Gasteiger partial charge in [0.2, 0.25) is 0 Å². The largest absolute Gasteiger partial charge is 0.400 e. The van der Waals surface area contributed by atoms with E-state index in [-0.39, 0.29) is 0 Å². The van der Waals surface area contributed by atoms with Gasteiger partial charge in [-0.2, -0.15) is 10.2 Å². The predicted molar refractivity (Wildman–Crippen MR) is 44.6 cm³/mol. The van der Waals surface area contributed by atoms with Crippen molar-refractivity contribution in [2.24, 2.45) is 16.0 Å². The summed E-state index contributed by atoms with van der Waals surface area (Å²) in [7, 11) is 0. The fraction of sp³-hybridized carbons (Fsp3) is 0.250. The van der Waals surface area contributed by atoms with Crippen LogP contribution in [0.1, 0.15) is 13.3 Å². The second kappa shape index (κ2) is 3.71. The molecule has 1 aliphatic heterocycles. The van der Waals surface area contributed by atoms with Crippen molar-refractivity contribution in [3.8, 4) is 0 Å². The van der Waals surface area contributed by atoms with E-state index in [1.807, 2.05) is 25.2 Å². The highest BCUT2D eigenvalue weighted by molar-refractivity contribution is 5.18. The highest BCUT2D eigenvalue weighted by Crippen LogP contribution is 2.13. The van der Waals surface area contributed by atoms with Gasteiger partial charge in [0.15, 0.2) is 0 Å². The number of nitrogens with zero attached hydrogens (tertiary/aromatic N) is 2. The molecule has 11 heavy (non-hydrogen) atoms. The molecule has 0 fully saturated rings. The van der Waals surface area contributed by atoms with E-state index < -0.39 is 0 Å². The first-order chi connectivity index (χ1) is 5.33. The highest BCUT2D eigenvalue weighted by atomic mass is 15.1. The number of hydrogen-bond acceptors (Lipinski definition) is 3. The molecule has 1 aliphatic rings. The predicted octanol–water partition coefficient (Wildman–Crippen LogP) is 2.10. The van der Waals surface area contributed by atoms with Gasteiger partial charge in [0, 0.05) is 12.1 Å². The van der Waals surface area contributed by atoms with E-state index in [9.17, 15) is 0 Å². The molecule has 0 radical (unpaired) electrons. The van der Waals surface area contributed by atoms with Crippen molar-refractivity contribution in [3.05, 3.63) is 35.8 Å².